The zero-order valence-corrected chi connectivity index (χ0v) is 28.2. The predicted molar refractivity (Wildman–Crippen MR) is 183 cm³/mol. The van der Waals surface area contributed by atoms with Crippen molar-refractivity contribution in [2.45, 2.75) is 69.7 Å². The normalized spacial score (nSPS) is 23.7. The summed E-state index contributed by atoms with van der Waals surface area (Å²) in [6, 6.07) is 4.25. The lowest BCUT2D eigenvalue weighted by molar-refractivity contribution is -0.126. The standard InChI is InChI=1S/C35H37F3N8O2S/c1-4-24-25(10-13-46(24)26(47)5-2)45(6-3)33-22-16-41-29(20-8-9-23(37)31-27(20)21(15-39)32(40)49-31)28(38)30(22)42-34(43-33)48-18-35-11-7-12-44(35)17-19(36)14-35/h5,8-9,16,19,24-25H,2,4,6-7,10-14,17-18,40H2,1,3H3/t19-,24?,25?,35+/m1/s1. The van der Waals surface area contributed by atoms with E-state index >= 15 is 4.39 Å². The summed E-state index contributed by atoms with van der Waals surface area (Å²) in [6.45, 7) is 9.94. The van der Waals surface area contributed by atoms with Gasteiger partial charge in [0.1, 0.15) is 46.7 Å². The van der Waals surface area contributed by atoms with Gasteiger partial charge in [-0.2, -0.15) is 15.2 Å². The molecule has 6 heterocycles. The first kappa shape index (κ1) is 33.0. The molecule has 0 spiro atoms. The number of nitriles is 1. The van der Waals surface area contributed by atoms with Gasteiger partial charge in [0.15, 0.2) is 5.82 Å². The Morgan fingerprint density at radius 3 is 2.86 bits per heavy atom. The number of fused-ring (bicyclic) bond motifs is 3. The van der Waals surface area contributed by atoms with Gasteiger partial charge in [-0.15, -0.1) is 11.3 Å². The lowest BCUT2D eigenvalue weighted by Gasteiger charge is -2.35. The van der Waals surface area contributed by atoms with Crippen LogP contribution in [0.25, 0.3) is 32.2 Å². The number of hydrogen-bond donors (Lipinski definition) is 1. The van der Waals surface area contributed by atoms with Gasteiger partial charge in [0, 0.05) is 43.2 Å². The van der Waals surface area contributed by atoms with Crippen molar-refractivity contribution in [1.29, 1.82) is 5.26 Å². The van der Waals surface area contributed by atoms with Crippen LogP contribution < -0.4 is 15.4 Å². The molecule has 4 atom stereocenters. The van der Waals surface area contributed by atoms with Gasteiger partial charge >= 0.3 is 6.01 Å². The van der Waals surface area contributed by atoms with Crippen molar-refractivity contribution in [3.63, 3.8) is 0 Å². The van der Waals surface area contributed by atoms with Gasteiger partial charge in [-0.25, -0.2) is 13.2 Å². The molecular weight excluding hydrogens is 653 g/mol. The summed E-state index contributed by atoms with van der Waals surface area (Å²) < 4.78 is 52.8. The maximum absolute atomic E-state index is 16.9. The molecule has 0 saturated carbocycles. The van der Waals surface area contributed by atoms with Crippen LogP contribution in [0.15, 0.2) is 31.0 Å². The Morgan fingerprint density at radius 2 is 2.12 bits per heavy atom. The van der Waals surface area contributed by atoms with Crippen molar-refractivity contribution in [3.8, 4) is 23.3 Å². The van der Waals surface area contributed by atoms with Gasteiger partial charge in [0.25, 0.3) is 0 Å². The third kappa shape index (κ3) is 5.34. The van der Waals surface area contributed by atoms with Crippen LogP contribution in [0.3, 0.4) is 0 Å². The average molecular weight is 691 g/mol. The van der Waals surface area contributed by atoms with Gasteiger partial charge in [-0.3, -0.25) is 14.7 Å². The number of likely N-dealkylation sites (N-methyl/N-ethyl adjacent to an activating group) is 1. The van der Waals surface area contributed by atoms with Crippen molar-refractivity contribution in [2.24, 2.45) is 0 Å². The fourth-order valence-corrected chi connectivity index (χ4v) is 9.21. The Hall–Kier alpha value is -4.48. The molecule has 4 aromatic rings. The second-order valence-electron chi connectivity index (χ2n) is 13.0. The molecule has 3 fully saturated rings. The highest BCUT2D eigenvalue weighted by Crippen LogP contribution is 2.44. The quantitative estimate of drug-likeness (QED) is 0.211. The number of pyridine rings is 1. The Kier molecular flexibility index (Phi) is 8.60. The monoisotopic (exact) mass is 690 g/mol. The van der Waals surface area contributed by atoms with Crippen molar-refractivity contribution in [2.75, 3.05) is 43.4 Å². The largest absolute Gasteiger partial charge is 0.461 e. The Morgan fingerprint density at radius 1 is 1.31 bits per heavy atom. The third-order valence-corrected chi connectivity index (χ3v) is 11.5. The second-order valence-corrected chi connectivity index (χ2v) is 14.0. The fourth-order valence-electron chi connectivity index (χ4n) is 8.26. The first-order chi connectivity index (χ1) is 23.6. The Bertz CT molecular complexity index is 2020. The number of thiophene rings is 1. The number of nitrogens with zero attached hydrogens (tertiary/aromatic N) is 7. The van der Waals surface area contributed by atoms with E-state index in [1.54, 1.807) is 4.90 Å². The highest BCUT2D eigenvalue weighted by atomic mass is 32.1. The van der Waals surface area contributed by atoms with Crippen LogP contribution >= 0.6 is 11.3 Å². The minimum absolute atomic E-state index is 0.0499. The van der Waals surface area contributed by atoms with Gasteiger partial charge in [-0.1, -0.05) is 13.5 Å². The van der Waals surface area contributed by atoms with Crippen LogP contribution in [0, 0.1) is 23.0 Å². The molecule has 0 radical (unpaired) electrons. The Labute approximate surface area is 286 Å². The van der Waals surface area contributed by atoms with E-state index in [9.17, 15) is 18.8 Å². The lowest BCUT2D eigenvalue weighted by atomic mass is 9.95. The number of rotatable bonds is 9. The average Bonchev–Trinajstić information content (AvgIpc) is 3.85. The summed E-state index contributed by atoms with van der Waals surface area (Å²) in [5.74, 6) is -1.13. The molecule has 3 saturated heterocycles. The van der Waals surface area contributed by atoms with E-state index in [1.165, 1.54) is 24.4 Å². The lowest BCUT2D eigenvalue weighted by Crippen LogP contribution is -2.47. The van der Waals surface area contributed by atoms with Crippen LogP contribution in [0.2, 0.25) is 0 Å². The highest BCUT2D eigenvalue weighted by molar-refractivity contribution is 7.23. The molecule has 0 aliphatic carbocycles. The number of benzene rings is 1. The summed E-state index contributed by atoms with van der Waals surface area (Å²) in [5.41, 5.74) is 5.64. The molecule has 49 heavy (non-hydrogen) atoms. The number of aromatic nitrogens is 3. The van der Waals surface area contributed by atoms with E-state index in [-0.39, 0.29) is 68.0 Å². The van der Waals surface area contributed by atoms with E-state index in [0.29, 0.717) is 50.1 Å². The van der Waals surface area contributed by atoms with Gasteiger partial charge in [0.05, 0.1) is 33.3 Å². The smallest absolute Gasteiger partial charge is 0.319 e. The minimum atomic E-state index is -0.954. The third-order valence-electron chi connectivity index (χ3n) is 10.5. The van der Waals surface area contributed by atoms with Crippen LogP contribution in [0.1, 0.15) is 51.5 Å². The second kappa shape index (κ2) is 12.8. The van der Waals surface area contributed by atoms with Crippen LogP contribution in [-0.2, 0) is 4.79 Å². The van der Waals surface area contributed by atoms with Gasteiger partial charge < -0.3 is 20.3 Å². The summed E-state index contributed by atoms with van der Waals surface area (Å²) in [4.78, 5) is 32.6. The highest BCUT2D eigenvalue weighted by Gasteiger charge is 2.49. The first-order valence-electron chi connectivity index (χ1n) is 16.6. The Balaban J connectivity index is 1.38. The molecule has 7 rings (SSSR count). The molecule has 10 nitrogen and oxygen atoms in total. The van der Waals surface area contributed by atoms with E-state index < -0.39 is 23.3 Å². The van der Waals surface area contributed by atoms with Gasteiger partial charge in [-0.05, 0) is 57.4 Å². The first-order valence-corrected chi connectivity index (χ1v) is 17.4. The van der Waals surface area contributed by atoms with Gasteiger partial charge in [0.2, 0.25) is 5.91 Å². The molecule has 3 aliphatic rings. The number of carbonyl (C=O) groups excluding carboxylic acids is 1. The van der Waals surface area contributed by atoms with E-state index in [4.69, 9.17) is 15.5 Å². The zero-order chi connectivity index (χ0) is 34.6. The molecule has 2 N–H and O–H groups in total. The van der Waals surface area contributed by atoms with Crippen molar-refractivity contribution >= 4 is 49.1 Å². The van der Waals surface area contributed by atoms with Crippen LogP contribution in [0.5, 0.6) is 6.01 Å². The van der Waals surface area contributed by atoms with Crippen LogP contribution in [0.4, 0.5) is 24.0 Å². The van der Waals surface area contributed by atoms with Crippen molar-refractivity contribution in [3.05, 3.63) is 48.2 Å². The molecule has 3 aliphatic heterocycles. The number of carbonyl (C=O) groups is 1. The number of anilines is 2. The number of ether oxygens (including phenoxy) is 1. The van der Waals surface area contributed by atoms with Crippen LogP contribution in [-0.4, -0.2) is 87.2 Å². The topological polar surface area (TPSA) is 125 Å². The molecule has 2 unspecified atom stereocenters. The summed E-state index contributed by atoms with van der Waals surface area (Å²) >= 11 is 0.919. The summed E-state index contributed by atoms with van der Waals surface area (Å²) in [6.07, 6.45) is 5.22. The number of nitrogens with two attached hydrogens (primary N) is 1. The zero-order valence-electron chi connectivity index (χ0n) is 27.4. The molecule has 3 aromatic heterocycles. The number of nitrogen functional groups attached to an aromatic ring is 1. The van der Waals surface area contributed by atoms with Crippen molar-refractivity contribution in [1.82, 2.24) is 24.8 Å². The summed E-state index contributed by atoms with van der Waals surface area (Å²) in [7, 11) is 0. The van der Waals surface area contributed by atoms with E-state index in [1.807, 2.05) is 24.8 Å². The van der Waals surface area contributed by atoms with Crippen molar-refractivity contribution < 1.29 is 22.7 Å². The maximum atomic E-state index is 16.9. The number of amides is 1. The minimum Gasteiger partial charge on any atom is -0.461 e. The number of likely N-dealkylation sites (tertiary alicyclic amines) is 1. The van der Waals surface area contributed by atoms with E-state index in [2.05, 4.69) is 21.4 Å². The predicted octanol–water partition coefficient (Wildman–Crippen LogP) is 5.99. The molecule has 1 amide bonds. The number of halogens is 3. The molecule has 14 heteroatoms. The fraction of sp³-hybridized carbons (Fsp3) is 0.457. The van der Waals surface area contributed by atoms with E-state index in [0.717, 1.165) is 30.7 Å². The molecule has 256 valence electrons. The summed E-state index contributed by atoms with van der Waals surface area (Å²) in [5, 5.41) is 10.5. The number of hydrogen-bond acceptors (Lipinski definition) is 10. The maximum Gasteiger partial charge on any atom is 0.319 e. The molecule has 0 bridgehead atoms. The SMILES string of the molecule is C=CC(=O)N1CCC(N(CC)c2nc(OC[C@@]34CCCN3C[C@H](F)C4)nc3c(F)c(-c4ccc(F)c5sc(N)c(C#N)c45)ncc23)C1CC. The number of alkyl halides is 1. The molecular formula is C35H37F3N8O2S. The molecule has 1 aromatic carbocycles.